The third-order valence-corrected chi connectivity index (χ3v) is 5.19. The summed E-state index contributed by atoms with van der Waals surface area (Å²) in [5, 5.41) is 0. The number of aryl methyl sites for hydroxylation is 2. The van der Waals surface area contributed by atoms with Gasteiger partial charge in [-0.05, 0) is 39.3 Å². The number of fused-ring (bicyclic) bond motifs is 1. The molecule has 0 spiro atoms. The predicted octanol–water partition coefficient (Wildman–Crippen LogP) is 2.94. The maximum Gasteiger partial charge on any atom is 0.163 e. The number of hydrogen-bond acceptors (Lipinski definition) is 5. The Kier molecular flexibility index (Phi) is 4.36. The number of anilines is 1. The van der Waals surface area contributed by atoms with Gasteiger partial charge in [0.2, 0.25) is 0 Å². The van der Waals surface area contributed by atoms with Crippen LogP contribution < -0.4 is 4.90 Å². The summed E-state index contributed by atoms with van der Waals surface area (Å²) in [6, 6.07) is 4.78. The number of nitrogens with zero attached hydrogens (tertiary/aromatic N) is 6. The van der Waals surface area contributed by atoms with Crippen molar-refractivity contribution in [3.8, 4) is 11.4 Å². The van der Waals surface area contributed by atoms with Crippen LogP contribution in [0.3, 0.4) is 0 Å². The van der Waals surface area contributed by atoms with Crippen molar-refractivity contribution in [1.82, 2.24) is 24.3 Å². The smallest absolute Gasteiger partial charge is 0.163 e. The largest absolute Gasteiger partial charge is 0.354 e. The SMILES string of the molecule is Cc1cc(N2CCN(C(C)C)CC2)nc(-c2cn3ccnc3cc2C)n1. The highest BCUT2D eigenvalue weighted by Crippen LogP contribution is 2.25. The van der Waals surface area contributed by atoms with Gasteiger partial charge in [0.15, 0.2) is 5.82 Å². The molecule has 6 nitrogen and oxygen atoms in total. The number of aromatic nitrogens is 4. The zero-order valence-electron chi connectivity index (χ0n) is 16.0. The van der Waals surface area contributed by atoms with Gasteiger partial charge < -0.3 is 9.30 Å². The molecule has 1 aliphatic heterocycles. The van der Waals surface area contributed by atoms with Crippen molar-refractivity contribution in [2.45, 2.75) is 33.7 Å². The van der Waals surface area contributed by atoms with Crippen molar-refractivity contribution in [3.63, 3.8) is 0 Å². The number of hydrogen-bond donors (Lipinski definition) is 0. The summed E-state index contributed by atoms with van der Waals surface area (Å²) >= 11 is 0. The van der Waals surface area contributed by atoms with Crippen LogP contribution in [0.2, 0.25) is 0 Å². The average Bonchev–Trinajstić information content (AvgIpc) is 3.07. The van der Waals surface area contributed by atoms with E-state index in [0.29, 0.717) is 6.04 Å². The molecule has 1 fully saturated rings. The van der Waals surface area contributed by atoms with Crippen LogP contribution in [0.15, 0.2) is 30.7 Å². The van der Waals surface area contributed by atoms with E-state index in [1.165, 1.54) is 0 Å². The van der Waals surface area contributed by atoms with Crippen LogP contribution >= 0.6 is 0 Å². The molecule has 1 aliphatic rings. The molecule has 6 heteroatoms. The summed E-state index contributed by atoms with van der Waals surface area (Å²) in [6.45, 7) is 12.8. The Balaban J connectivity index is 1.67. The number of pyridine rings is 1. The molecule has 0 N–H and O–H groups in total. The van der Waals surface area contributed by atoms with E-state index >= 15 is 0 Å². The molecule has 0 aliphatic carbocycles. The fourth-order valence-corrected chi connectivity index (χ4v) is 3.59. The highest BCUT2D eigenvalue weighted by atomic mass is 15.3. The monoisotopic (exact) mass is 350 g/mol. The van der Waals surface area contributed by atoms with E-state index in [4.69, 9.17) is 9.97 Å². The van der Waals surface area contributed by atoms with Crippen LogP contribution in [0, 0.1) is 13.8 Å². The van der Waals surface area contributed by atoms with Crippen molar-refractivity contribution in [2.75, 3.05) is 31.1 Å². The highest BCUT2D eigenvalue weighted by Gasteiger charge is 2.21. The normalized spacial score (nSPS) is 16.0. The van der Waals surface area contributed by atoms with Gasteiger partial charge in [0.25, 0.3) is 0 Å². The lowest BCUT2D eigenvalue weighted by Crippen LogP contribution is -2.49. The Bertz CT molecular complexity index is 921. The summed E-state index contributed by atoms with van der Waals surface area (Å²) < 4.78 is 2.02. The molecule has 3 aromatic heterocycles. The molecule has 0 unspecified atom stereocenters. The van der Waals surface area contributed by atoms with Gasteiger partial charge in [-0.25, -0.2) is 15.0 Å². The van der Waals surface area contributed by atoms with Crippen molar-refractivity contribution < 1.29 is 0 Å². The van der Waals surface area contributed by atoms with Crippen molar-refractivity contribution in [1.29, 1.82) is 0 Å². The van der Waals surface area contributed by atoms with E-state index in [-0.39, 0.29) is 0 Å². The minimum Gasteiger partial charge on any atom is -0.354 e. The Hall–Kier alpha value is -2.47. The van der Waals surface area contributed by atoms with E-state index in [2.05, 4.69) is 53.9 Å². The standard InChI is InChI=1S/C20H26N6/c1-14(2)24-7-9-25(10-8-24)19-12-16(4)22-20(23-19)17-13-26-6-5-21-18(26)11-15(17)3/h5-6,11-14H,7-10H2,1-4H3. The minimum atomic E-state index is 0.601. The summed E-state index contributed by atoms with van der Waals surface area (Å²) in [4.78, 5) is 18.9. The van der Waals surface area contributed by atoms with Crippen molar-refractivity contribution in [2.24, 2.45) is 0 Å². The first-order valence-corrected chi connectivity index (χ1v) is 9.29. The first kappa shape index (κ1) is 17.0. The highest BCUT2D eigenvalue weighted by molar-refractivity contribution is 5.64. The van der Waals surface area contributed by atoms with Gasteiger partial charge in [-0.2, -0.15) is 0 Å². The number of imidazole rings is 1. The molecule has 4 heterocycles. The number of piperazine rings is 1. The summed E-state index contributed by atoms with van der Waals surface area (Å²) in [5.41, 5.74) is 4.15. The van der Waals surface area contributed by atoms with E-state index in [0.717, 1.165) is 60.3 Å². The molecular weight excluding hydrogens is 324 g/mol. The Morgan fingerprint density at radius 2 is 1.77 bits per heavy atom. The molecule has 3 aromatic rings. The van der Waals surface area contributed by atoms with E-state index in [9.17, 15) is 0 Å². The lowest BCUT2D eigenvalue weighted by molar-refractivity contribution is 0.209. The molecule has 0 amide bonds. The van der Waals surface area contributed by atoms with Crippen LogP contribution in [0.5, 0.6) is 0 Å². The van der Waals surface area contributed by atoms with E-state index in [1.807, 2.05) is 23.7 Å². The zero-order chi connectivity index (χ0) is 18.3. The molecule has 0 saturated carbocycles. The van der Waals surface area contributed by atoms with Gasteiger partial charge in [-0.15, -0.1) is 0 Å². The average molecular weight is 350 g/mol. The predicted molar refractivity (Wildman–Crippen MR) is 105 cm³/mol. The second kappa shape index (κ2) is 6.68. The lowest BCUT2D eigenvalue weighted by Gasteiger charge is -2.37. The summed E-state index contributed by atoms with van der Waals surface area (Å²) in [6.07, 6.45) is 5.85. The van der Waals surface area contributed by atoms with Gasteiger partial charge in [0, 0.05) is 68.1 Å². The molecule has 136 valence electrons. The van der Waals surface area contributed by atoms with Crippen molar-refractivity contribution in [3.05, 3.63) is 42.0 Å². The number of rotatable bonds is 3. The topological polar surface area (TPSA) is 49.6 Å². The van der Waals surface area contributed by atoms with Gasteiger partial charge in [0.1, 0.15) is 11.5 Å². The molecule has 26 heavy (non-hydrogen) atoms. The van der Waals surface area contributed by atoms with Gasteiger partial charge in [-0.3, -0.25) is 4.90 Å². The third kappa shape index (κ3) is 3.17. The first-order valence-electron chi connectivity index (χ1n) is 9.29. The molecular formula is C20H26N6. The first-order chi connectivity index (χ1) is 12.5. The minimum absolute atomic E-state index is 0.601. The van der Waals surface area contributed by atoms with Crippen LogP contribution in [0.25, 0.3) is 17.0 Å². The van der Waals surface area contributed by atoms with Crippen LogP contribution in [-0.2, 0) is 0 Å². The van der Waals surface area contributed by atoms with Gasteiger partial charge in [0.05, 0.1) is 0 Å². The molecule has 1 saturated heterocycles. The molecule has 0 atom stereocenters. The molecule has 4 rings (SSSR count). The molecule has 0 bridgehead atoms. The second-order valence-electron chi connectivity index (χ2n) is 7.37. The third-order valence-electron chi connectivity index (χ3n) is 5.19. The van der Waals surface area contributed by atoms with E-state index < -0.39 is 0 Å². The lowest BCUT2D eigenvalue weighted by atomic mass is 10.1. The second-order valence-corrected chi connectivity index (χ2v) is 7.37. The maximum absolute atomic E-state index is 4.91. The fourth-order valence-electron chi connectivity index (χ4n) is 3.59. The summed E-state index contributed by atoms with van der Waals surface area (Å²) in [7, 11) is 0. The van der Waals surface area contributed by atoms with Crippen LogP contribution in [0.4, 0.5) is 5.82 Å². The Morgan fingerprint density at radius 3 is 2.50 bits per heavy atom. The Labute approximate surface area is 154 Å². The molecule has 0 aromatic carbocycles. The van der Waals surface area contributed by atoms with Crippen molar-refractivity contribution >= 4 is 11.5 Å². The van der Waals surface area contributed by atoms with Crippen LogP contribution in [0.1, 0.15) is 25.1 Å². The zero-order valence-corrected chi connectivity index (χ0v) is 16.0. The van der Waals surface area contributed by atoms with Gasteiger partial charge >= 0.3 is 0 Å². The van der Waals surface area contributed by atoms with Gasteiger partial charge in [-0.1, -0.05) is 0 Å². The summed E-state index contributed by atoms with van der Waals surface area (Å²) in [5.74, 6) is 1.82. The maximum atomic E-state index is 4.91. The molecule has 0 radical (unpaired) electrons. The van der Waals surface area contributed by atoms with Crippen LogP contribution in [-0.4, -0.2) is 56.5 Å². The quantitative estimate of drug-likeness (QED) is 0.727. The van der Waals surface area contributed by atoms with E-state index in [1.54, 1.807) is 0 Å². The Morgan fingerprint density at radius 1 is 1.00 bits per heavy atom. The fraction of sp³-hybridized carbons (Fsp3) is 0.450.